The molecule has 3 aromatic carbocycles. The summed E-state index contributed by atoms with van der Waals surface area (Å²) < 4.78 is 26.8. The molecular formula is C30H31Cl3FNO4. The monoisotopic (exact) mass is 593 g/mol. The van der Waals surface area contributed by atoms with Gasteiger partial charge in [0.2, 0.25) is 0 Å². The molecule has 0 saturated carbocycles. The van der Waals surface area contributed by atoms with Gasteiger partial charge in [-0.15, -0.1) is 0 Å². The van der Waals surface area contributed by atoms with Gasteiger partial charge in [-0.2, -0.15) is 0 Å². The molecule has 0 aliphatic heterocycles. The number of hydrogen-bond acceptors (Lipinski definition) is 4. The summed E-state index contributed by atoms with van der Waals surface area (Å²) in [6, 6.07) is 14.8. The fourth-order valence-electron chi connectivity index (χ4n) is 3.83. The molecule has 0 bridgehead atoms. The van der Waals surface area contributed by atoms with Gasteiger partial charge in [0.25, 0.3) is 5.91 Å². The average molecular weight is 595 g/mol. The van der Waals surface area contributed by atoms with Crippen LogP contribution >= 0.6 is 34.8 Å². The molecule has 0 heterocycles. The SMILES string of the molecule is CC(C)C[C@@H](NC(=O)c1ccc(OC(c2ccc(Cl)cc2)c2ccc(Cl)cc2Cl)c(F)c1)C(=O)OC(C)(C)C. The van der Waals surface area contributed by atoms with E-state index in [0.717, 1.165) is 6.07 Å². The van der Waals surface area contributed by atoms with Crippen molar-refractivity contribution in [2.24, 2.45) is 5.92 Å². The second-order valence-corrected chi connectivity index (χ2v) is 11.8. The Balaban J connectivity index is 1.87. The number of rotatable bonds is 9. The predicted molar refractivity (Wildman–Crippen MR) is 153 cm³/mol. The van der Waals surface area contributed by atoms with Crippen LogP contribution < -0.4 is 10.1 Å². The molecule has 1 amide bonds. The Morgan fingerprint density at radius 1 is 0.923 bits per heavy atom. The standard InChI is InChI=1S/C30H31Cl3FNO4/c1-17(2)14-25(29(37)39-30(3,4)5)35-28(36)19-8-13-26(24(34)15-19)38-27(18-6-9-20(31)10-7-18)22-12-11-21(32)16-23(22)33/h6-13,15-17,25,27H,14H2,1-5H3,(H,35,36)/t25-,27?/m1/s1. The summed E-state index contributed by atoms with van der Waals surface area (Å²) in [5.41, 5.74) is 0.567. The molecule has 0 aliphatic rings. The fourth-order valence-corrected chi connectivity index (χ4v) is 4.46. The van der Waals surface area contributed by atoms with E-state index in [4.69, 9.17) is 44.3 Å². The van der Waals surface area contributed by atoms with Gasteiger partial charge in [0, 0.05) is 26.2 Å². The third-order valence-electron chi connectivity index (χ3n) is 5.56. The largest absolute Gasteiger partial charge is 0.478 e. The van der Waals surface area contributed by atoms with Crippen molar-refractivity contribution in [3.8, 4) is 5.75 Å². The molecule has 0 aliphatic carbocycles. The summed E-state index contributed by atoms with van der Waals surface area (Å²) in [4.78, 5) is 25.7. The van der Waals surface area contributed by atoms with Crippen LogP contribution in [0.15, 0.2) is 60.7 Å². The van der Waals surface area contributed by atoms with Gasteiger partial charge < -0.3 is 14.8 Å². The smallest absolute Gasteiger partial charge is 0.329 e. The average Bonchev–Trinajstić information content (AvgIpc) is 2.82. The van der Waals surface area contributed by atoms with Crippen LogP contribution in [0.5, 0.6) is 5.75 Å². The van der Waals surface area contributed by atoms with Gasteiger partial charge in [-0.05, 0) is 81.1 Å². The highest BCUT2D eigenvalue weighted by molar-refractivity contribution is 6.35. The minimum atomic E-state index is -0.878. The number of carbonyl (C=O) groups excluding carboxylic acids is 2. The van der Waals surface area contributed by atoms with Crippen LogP contribution in [0.4, 0.5) is 4.39 Å². The van der Waals surface area contributed by atoms with E-state index in [0.29, 0.717) is 32.6 Å². The van der Waals surface area contributed by atoms with E-state index < -0.39 is 35.4 Å². The quantitative estimate of drug-likeness (QED) is 0.253. The van der Waals surface area contributed by atoms with Crippen LogP contribution in [-0.2, 0) is 9.53 Å². The summed E-state index contributed by atoms with van der Waals surface area (Å²) in [6.45, 7) is 9.12. The van der Waals surface area contributed by atoms with E-state index in [1.54, 1.807) is 63.2 Å². The van der Waals surface area contributed by atoms with Gasteiger partial charge in [0.05, 0.1) is 0 Å². The van der Waals surface area contributed by atoms with Crippen molar-refractivity contribution in [1.82, 2.24) is 5.32 Å². The Labute approximate surface area is 243 Å². The Morgan fingerprint density at radius 2 is 1.56 bits per heavy atom. The predicted octanol–water partition coefficient (Wildman–Crippen LogP) is 8.44. The zero-order valence-corrected chi connectivity index (χ0v) is 24.6. The maximum Gasteiger partial charge on any atom is 0.329 e. The van der Waals surface area contributed by atoms with Crippen LogP contribution in [0.2, 0.25) is 15.1 Å². The minimum absolute atomic E-state index is 0.0322. The first-order valence-electron chi connectivity index (χ1n) is 12.4. The van der Waals surface area contributed by atoms with E-state index in [-0.39, 0.29) is 17.2 Å². The molecule has 5 nitrogen and oxygen atoms in total. The summed E-state index contributed by atoms with van der Waals surface area (Å²) in [5.74, 6) is -1.89. The number of hydrogen-bond donors (Lipinski definition) is 1. The number of esters is 1. The normalized spacial score (nSPS) is 13.1. The second-order valence-electron chi connectivity index (χ2n) is 10.5. The van der Waals surface area contributed by atoms with Gasteiger partial charge in [-0.1, -0.05) is 66.8 Å². The highest BCUT2D eigenvalue weighted by atomic mass is 35.5. The van der Waals surface area contributed by atoms with E-state index >= 15 is 4.39 Å². The first kappa shape index (κ1) is 30.7. The molecule has 2 atom stereocenters. The van der Waals surface area contributed by atoms with Crippen molar-refractivity contribution in [3.05, 3.63) is 98.2 Å². The van der Waals surface area contributed by atoms with Gasteiger partial charge in [0.15, 0.2) is 17.7 Å². The van der Waals surface area contributed by atoms with Crippen LogP contribution in [0.3, 0.4) is 0 Å². The molecule has 0 saturated heterocycles. The molecule has 3 aromatic rings. The molecular weight excluding hydrogens is 564 g/mol. The van der Waals surface area contributed by atoms with E-state index in [1.165, 1.54) is 12.1 Å². The number of nitrogens with one attached hydrogen (secondary N) is 1. The van der Waals surface area contributed by atoms with Crippen molar-refractivity contribution in [2.75, 3.05) is 0 Å². The minimum Gasteiger partial charge on any atom is -0.478 e. The Kier molecular flexibility index (Phi) is 10.3. The van der Waals surface area contributed by atoms with Crippen LogP contribution in [0.1, 0.15) is 68.6 Å². The zero-order chi connectivity index (χ0) is 28.9. The van der Waals surface area contributed by atoms with Crippen molar-refractivity contribution < 1.29 is 23.5 Å². The number of carbonyl (C=O) groups is 2. The Morgan fingerprint density at radius 3 is 2.13 bits per heavy atom. The van der Waals surface area contributed by atoms with Gasteiger partial charge in [-0.25, -0.2) is 9.18 Å². The second kappa shape index (κ2) is 13.0. The van der Waals surface area contributed by atoms with Gasteiger partial charge in [-0.3, -0.25) is 4.79 Å². The Bertz CT molecular complexity index is 1320. The maximum absolute atomic E-state index is 15.3. The summed E-state index contributed by atoms with van der Waals surface area (Å²) in [5, 5.41) is 4.00. The van der Waals surface area contributed by atoms with Crippen molar-refractivity contribution >= 4 is 46.7 Å². The van der Waals surface area contributed by atoms with Gasteiger partial charge in [0.1, 0.15) is 11.6 Å². The van der Waals surface area contributed by atoms with E-state index in [9.17, 15) is 9.59 Å². The molecule has 208 valence electrons. The summed E-state index contributed by atoms with van der Waals surface area (Å²) in [6.07, 6.45) is -0.418. The van der Waals surface area contributed by atoms with Crippen molar-refractivity contribution in [2.45, 2.75) is 58.8 Å². The van der Waals surface area contributed by atoms with Crippen molar-refractivity contribution in [1.29, 1.82) is 0 Å². The maximum atomic E-state index is 15.3. The van der Waals surface area contributed by atoms with Crippen LogP contribution in [0, 0.1) is 11.7 Å². The highest BCUT2D eigenvalue weighted by Gasteiger charge is 2.28. The van der Waals surface area contributed by atoms with Crippen molar-refractivity contribution in [3.63, 3.8) is 0 Å². The molecule has 0 fully saturated rings. The first-order chi connectivity index (χ1) is 18.2. The lowest BCUT2D eigenvalue weighted by Crippen LogP contribution is -2.45. The number of benzene rings is 3. The molecule has 1 unspecified atom stereocenters. The number of ether oxygens (including phenoxy) is 2. The lowest BCUT2D eigenvalue weighted by atomic mass is 10.0. The van der Waals surface area contributed by atoms with Crippen LogP contribution in [-0.4, -0.2) is 23.5 Å². The molecule has 1 N–H and O–H groups in total. The molecule has 3 rings (SSSR count). The lowest BCUT2D eigenvalue weighted by Gasteiger charge is -2.25. The fraction of sp³-hybridized carbons (Fsp3) is 0.333. The van der Waals surface area contributed by atoms with Gasteiger partial charge >= 0.3 is 5.97 Å². The lowest BCUT2D eigenvalue weighted by molar-refractivity contribution is -0.157. The Hall–Kier alpha value is -2.80. The molecule has 0 radical (unpaired) electrons. The van der Waals surface area contributed by atoms with Crippen LogP contribution in [0.25, 0.3) is 0 Å². The van der Waals surface area contributed by atoms with E-state index in [1.807, 2.05) is 13.8 Å². The summed E-state index contributed by atoms with van der Waals surface area (Å²) >= 11 is 18.6. The summed E-state index contributed by atoms with van der Waals surface area (Å²) in [7, 11) is 0. The molecule has 0 spiro atoms. The highest BCUT2D eigenvalue weighted by Crippen LogP contribution is 2.35. The topological polar surface area (TPSA) is 64.6 Å². The third kappa shape index (κ3) is 8.85. The molecule has 39 heavy (non-hydrogen) atoms. The molecule has 9 heteroatoms. The number of halogens is 4. The number of amides is 1. The zero-order valence-electron chi connectivity index (χ0n) is 22.4. The first-order valence-corrected chi connectivity index (χ1v) is 13.6. The van der Waals surface area contributed by atoms with E-state index in [2.05, 4.69) is 5.32 Å². The molecule has 0 aromatic heterocycles. The third-order valence-corrected chi connectivity index (χ3v) is 6.37.